The van der Waals surface area contributed by atoms with Gasteiger partial charge in [-0.2, -0.15) is 4.36 Å². The van der Waals surface area contributed by atoms with Crippen molar-refractivity contribution in [2.45, 2.75) is 33.6 Å². The zero-order valence-electron chi connectivity index (χ0n) is 9.78. The molecule has 0 aromatic carbocycles. The summed E-state index contributed by atoms with van der Waals surface area (Å²) in [6.07, 6.45) is 2.39. The molecule has 0 fully saturated rings. The van der Waals surface area contributed by atoms with Crippen molar-refractivity contribution in [3.63, 3.8) is 0 Å². The van der Waals surface area contributed by atoms with Gasteiger partial charge in [-0.25, -0.2) is 4.21 Å². The zero-order chi connectivity index (χ0) is 12.1. The number of Topliss-reactive ketones (excluding diaryl/α,β-unsaturated/α-hetero) is 1. The molecule has 0 N–H and O–H groups in total. The number of ketones is 1. The van der Waals surface area contributed by atoms with Crippen LogP contribution in [0.15, 0.2) is 4.36 Å². The Morgan fingerprint density at radius 3 is 2.27 bits per heavy atom. The molecule has 0 aliphatic heterocycles. The molecule has 0 aliphatic rings. The minimum Gasteiger partial charge on any atom is -0.300 e. The summed E-state index contributed by atoms with van der Waals surface area (Å²) in [5.41, 5.74) is 0. The number of hydrogen-bond acceptors (Lipinski definition) is 3. The zero-order valence-corrected chi connectivity index (χ0v) is 10.6. The van der Waals surface area contributed by atoms with Crippen LogP contribution in [0.25, 0.3) is 0 Å². The maximum atomic E-state index is 11.8. The minimum absolute atomic E-state index is 0.0698. The van der Waals surface area contributed by atoms with Gasteiger partial charge in [0.1, 0.15) is 5.78 Å². The van der Waals surface area contributed by atoms with Gasteiger partial charge in [0.25, 0.3) is 5.91 Å². The molecule has 0 aromatic heterocycles. The first-order valence-electron chi connectivity index (χ1n) is 4.97. The molecule has 15 heavy (non-hydrogen) atoms. The lowest BCUT2D eigenvalue weighted by Crippen LogP contribution is -2.11. The van der Waals surface area contributed by atoms with E-state index in [1.165, 1.54) is 13.2 Å². The van der Waals surface area contributed by atoms with Gasteiger partial charge < -0.3 is 4.79 Å². The molecule has 1 amide bonds. The maximum Gasteiger partial charge on any atom is 0.256 e. The second kappa shape index (κ2) is 6.00. The Balaban J connectivity index is 4.35. The summed E-state index contributed by atoms with van der Waals surface area (Å²) in [5, 5.41) is 0. The van der Waals surface area contributed by atoms with Crippen LogP contribution in [-0.4, -0.2) is 27.9 Å². The third-order valence-corrected chi connectivity index (χ3v) is 3.44. The Kier molecular flexibility index (Phi) is 5.72. The van der Waals surface area contributed by atoms with Gasteiger partial charge >= 0.3 is 0 Å². The normalized spacial score (nSPS) is 14.7. The van der Waals surface area contributed by atoms with Gasteiger partial charge in [-0.15, -0.1) is 0 Å². The second-order valence-electron chi connectivity index (χ2n) is 4.05. The van der Waals surface area contributed by atoms with Crippen molar-refractivity contribution in [3.8, 4) is 0 Å². The van der Waals surface area contributed by atoms with E-state index in [9.17, 15) is 13.8 Å². The number of rotatable bonds is 5. The van der Waals surface area contributed by atoms with Crippen LogP contribution < -0.4 is 0 Å². The van der Waals surface area contributed by atoms with Crippen molar-refractivity contribution in [2.24, 2.45) is 10.3 Å². The fourth-order valence-electron chi connectivity index (χ4n) is 0.930. The van der Waals surface area contributed by atoms with Crippen LogP contribution in [-0.2, 0) is 19.3 Å². The van der Waals surface area contributed by atoms with Crippen LogP contribution in [0.4, 0.5) is 0 Å². The minimum atomic E-state index is -2.45. The third kappa shape index (κ3) is 7.25. The summed E-state index contributed by atoms with van der Waals surface area (Å²) >= 11 is 0. The van der Waals surface area contributed by atoms with Gasteiger partial charge in [0.2, 0.25) is 0 Å². The predicted octanol–water partition coefficient (Wildman–Crippen LogP) is 1.64. The van der Waals surface area contributed by atoms with Crippen molar-refractivity contribution in [2.75, 3.05) is 12.0 Å². The van der Waals surface area contributed by atoms with Crippen molar-refractivity contribution in [1.29, 1.82) is 0 Å². The molecule has 0 radical (unpaired) electrons. The molecular formula is C10H19NO3S. The van der Waals surface area contributed by atoms with E-state index in [-0.39, 0.29) is 17.6 Å². The molecule has 0 aliphatic carbocycles. The van der Waals surface area contributed by atoms with Crippen molar-refractivity contribution in [1.82, 2.24) is 0 Å². The van der Waals surface area contributed by atoms with Gasteiger partial charge in [-0.05, 0) is 13.3 Å². The van der Waals surface area contributed by atoms with E-state index in [0.29, 0.717) is 18.6 Å². The number of carbonyl (C=O) groups excluding carboxylic acids is 2. The van der Waals surface area contributed by atoms with Crippen LogP contribution >= 0.6 is 0 Å². The van der Waals surface area contributed by atoms with E-state index in [1.54, 1.807) is 13.8 Å². The first kappa shape index (κ1) is 14.3. The van der Waals surface area contributed by atoms with Gasteiger partial charge in [0.05, 0.1) is 9.73 Å². The lowest BCUT2D eigenvalue weighted by atomic mass is 10.2. The average molecular weight is 233 g/mol. The predicted molar refractivity (Wildman–Crippen MR) is 61.1 cm³/mol. The molecule has 1 unspecified atom stereocenters. The summed E-state index contributed by atoms with van der Waals surface area (Å²) in [5.74, 6) is -0.172. The lowest BCUT2D eigenvalue weighted by molar-refractivity contribution is -0.120. The fourth-order valence-corrected chi connectivity index (χ4v) is 2.29. The van der Waals surface area contributed by atoms with E-state index in [2.05, 4.69) is 4.36 Å². The quantitative estimate of drug-likeness (QED) is 0.725. The summed E-state index contributed by atoms with van der Waals surface area (Å²) in [6, 6.07) is 0. The number of carbonyl (C=O) groups is 2. The van der Waals surface area contributed by atoms with Gasteiger partial charge in [0.15, 0.2) is 0 Å². The highest BCUT2D eigenvalue weighted by Crippen LogP contribution is 2.03. The summed E-state index contributed by atoms with van der Waals surface area (Å²) in [7, 11) is -2.45. The molecule has 5 heteroatoms. The molecule has 0 aromatic rings. The van der Waals surface area contributed by atoms with Crippen LogP contribution in [0, 0.1) is 5.92 Å². The van der Waals surface area contributed by atoms with Gasteiger partial charge in [-0.3, -0.25) is 4.79 Å². The van der Waals surface area contributed by atoms with Crippen LogP contribution in [0.5, 0.6) is 0 Å². The van der Waals surface area contributed by atoms with E-state index < -0.39 is 9.73 Å². The molecule has 0 bridgehead atoms. The number of amides is 1. The van der Waals surface area contributed by atoms with Crippen molar-refractivity contribution < 1.29 is 13.8 Å². The van der Waals surface area contributed by atoms with E-state index in [4.69, 9.17) is 0 Å². The second-order valence-corrected chi connectivity index (χ2v) is 6.56. The average Bonchev–Trinajstić information content (AvgIpc) is 2.01. The first-order valence-corrected chi connectivity index (χ1v) is 7.07. The molecule has 4 nitrogen and oxygen atoms in total. The molecular weight excluding hydrogens is 214 g/mol. The Morgan fingerprint density at radius 2 is 1.87 bits per heavy atom. The lowest BCUT2D eigenvalue weighted by Gasteiger charge is -2.04. The van der Waals surface area contributed by atoms with Crippen LogP contribution in [0.3, 0.4) is 0 Å². The Hall–Kier alpha value is -0.710. The van der Waals surface area contributed by atoms with Gasteiger partial charge in [-0.1, -0.05) is 13.8 Å². The molecule has 1 atom stereocenters. The number of hydrogen-bond donors (Lipinski definition) is 0. The Morgan fingerprint density at radius 1 is 1.33 bits per heavy atom. The van der Waals surface area contributed by atoms with Gasteiger partial charge in [0, 0.05) is 24.3 Å². The maximum absolute atomic E-state index is 11.8. The molecule has 0 spiro atoms. The topological polar surface area (TPSA) is 63.6 Å². The molecule has 88 valence electrons. The summed E-state index contributed by atoms with van der Waals surface area (Å²) in [4.78, 5) is 21.9. The monoisotopic (exact) mass is 233 g/mol. The third-order valence-electron chi connectivity index (χ3n) is 1.83. The van der Waals surface area contributed by atoms with E-state index >= 15 is 0 Å². The highest BCUT2D eigenvalue weighted by molar-refractivity contribution is 7.93. The molecule has 0 saturated heterocycles. The highest BCUT2D eigenvalue weighted by atomic mass is 32.2. The molecule has 0 heterocycles. The highest BCUT2D eigenvalue weighted by Gasteiger charge is 2.10. The smallest absolute Gasteiger partial charge is 0.256 e. The SMILES string of the molecule is CC(=O)CCCS(C)(=O)=NC(=O)C(C)C. The largest absolute Gasteiger partial charge is 0.300 e. The van der Waals surface area contributed by atoms with E-state index in [1.807, 2.05) is 0 Å². The van der Waals surface area contributed by atoms with Crippen molar-refractivity contribution in [3.05, 3.63) is 0 Å². The molecule has 0 rings (SSSR count). The fraction of sp³-hybridized carbons (Fsp3) is 0.800. The van der Waals surface area contributed by atoms with Crippen LogP contribution in [0.2, 0.25) is 0 Å². The first-order chi connectivity index (χ1) is 6.74. The van der Waals surface area contributed by atoms with Crippen LogP contribution in [0.1, 0.15) is 33.6 Å². The molecule has 0 saturated carbocycles. The van der Waals surface area contributed by atoms with E-state index in [0.717, 1.165) is 0 Å². The Labute approximate surface area is 91.6 Å². The summed E-state index contributed by atoms with van der Waals surface area (Å²) in [6.45, 7) is 4.93. The van der Waals surface area contributed by atoms with Crippen molar-refractivity contribution >= 4 is 21.4 Å². The standard InChI is InChI=1S/C10H19NO3S/c1-8(2)10(13)11-15(4,14)7-5-6-9(3)12/h8H,5-7H2,1-4H3. The summed E-state index contributed by atoms with van der Waals surface area (Å²) < 4.78 is 15.5. The Bertz CT molecular complexity index is 352. The number of nitrogens with zero attached hydrogens (tertiary/aromatic N) is 1.